The van der Waals surface area contributed by atoms with Gasteiger partial charge >= 0.3 is 5.69 Å². The summed E-state index contributed by atoms with van der Waals surface area (Å²) in [5.74, 6) is 5.68. The van der Waals surface area contributed by atoms with Crippen molar-refractivity contribution in [1.82, 2.24) is 14.6 Å². The van der Waals surface area contributed by atoms with Crippen molar-refractivity contribution in [3.63, 3.8) is 0 Å². The molecular weight excluding hydrogens is 361 g/mol. The van der Waals surface area contributed by atoms with Gasteiger partial charge in [0.15, 0.2) is 0 Å². The molecule has 0 amide bonds. The zero-order valence-corrected chi connectivity index (χ0v) is 16.7. The third-order valence-electron chi connectivity index (χ3n) is 6.25. The monoisotopic (exact) mass is 389 g/mol. The highest BCUT2D eigenvalue weighted by atomic mass is 19.1. The number of hydrogen-bond acceptors (Lipinski definition) is 5. The lowest BCUT2D eigenvalue weighted by molar-refractivity contribution is 0.410. The first-order valence-corrected chi connectivity index (χ1v) is 10.1. The minimum Gasteiger partial charge on any atom is -0.369 e. The van der Waals surface area contributed by atoms with Crippen LogP contribution in [0.15, 0.2) is 15.7 Å². The molecule has 2 fully saturated rings. The number of nitrogens with two attached hydrogens (primary N) is 1. The predicted octanol–water partition coefficient (Wildman–Crippen LogP) is 1.48. The highest BCUT2D eigenvalue weighted by Gasteiger charge is 2.33. The van der Waals surface area contributed by atoms with Crippen molar-refractivity contribution < 1.29 is 4.39 Å². The third kappa shape index (κ3) is 2.90. The van der Waals surface area contributed by atoms with Crippen LogP contribution < -0.4 is 27.3 Å². The summed E-state index contributed by atoms with van der Waals surface area (Å²) in [6.07, 6.45) is 2.71. The molecule has 28 heavy (non-hydrogen) atoms. The van der Waals surface area contributed by atoms with Gasteiger partial charge in [0, 0.05) is 30.7 Å². The second-order valence-corrected chi connectivity index (χ2v) is 8.13. The fourth-order valence-electron chi connectivity index (χ4n) is 4.61. The average molecular weight is 389 g/mol. The normalized spacial score (nSPS) is 20.9. The van der Waals surface area contributed by atoms with Gasteiger partial charge in [-0.2, -0.15) is 4.68 Å². The number of nitrogen functional groups attached to an aromatic ring is 1. The van der Waals surface area contributed by atoms with E-state index in [1.807, 2.05) is 0 Å². The molecule has 1 aliphatic carbocycles. The smallest absolute Gasteiger partial charge is 0.350 e. The molecule has 0 unspecified atom stereocenters. The van der Waals surface area contributed by atoms with Gasteiger partial charge in [0.2, 0.25) is 0 Å². The second-order valence-electron chi connectivity index (χ2n) is 8.13. The maximum Gasteiger partial charge on any atom is 0.350 e. The molecule has 2 heterocycles. The summed E-state index contributed by atoms with van der Waals surface area (Å²) in [7, 11) is 0. The van der Waals surface area contributed by atoms with Gasteiger partial charge in [-0.3, -0.25) is 9.36 Å². The molecule has 0 spiro atoms. The number of benzene rings is 1. The molecule has 7 nitrogen and oxygen atoms in total. The van der Waals surface area contributed by atoms with Crippen LogP contribution in [0.5, 0.6) is 0 Å². The first-order chi connectivity index (χ1) is 13.3. The summed E-state index contributed by atoms with van der Waals surface area (Å²) in [5.41, 5.74) is 0.500. The largest absolute Gasteiger partial charge is 0.369 e. The minimum absolute atomic E-state index is 0.0301. The Bertz CT molecular complexity index is 1040. The van der Waals surface area contributed by atoms with Crippen LogP contribution in [0.3, 0.4) is 0 Å². The third-order valence-corrected chi connectivity index (χ3v) is 6.25. The molecule has 1 saturated carbocycles. The molecule has 4 rings (SSSR count). The van der Waals surface area contributed by atoms with Gasteiger partial charge in [0.25, 0.3) is 5.56 Å². The lowest BCUT2D eigenvalue weighted by Crippen LogP contribution is -2.44. The predicted molar refractivity (Wildman–Crippen MR) is 109 cm³/mol. The zero-order valence-electron chi connectivity index (χ0n) is 16.7. The maximum absolute atomic E-state index is 15.1. The molecule has 0 bridgehead atoms. The number of nitrogens with one attached hydrogen (secondary N) is 1. The Hall–Kier alpha value is -2.35. The number of aryl methyl sites for hydroxylation is 1. The number of hydrogen-bond donors (Lipinski definition) is 2. The molecule has 1 aromatic heterocycles. The number of halogens is 1. The van der Waals surface area contributed by atoms with E-state index in [4.69, 9.17) is 5.84 Å². The van der Waals surface area contributed by atoms with E-state index in [2.05, 4.69) is 24.1 Å². The Labute approximate surface area is 162 Å². The van der Waals surface area contributed by atoms with Crippen LogP contribution in [0, 0.1) is 18.7 Å². The van der Waals surface area contributed by atoms with Crippen LogP contribution in [0.25, 0.3) is 10.9 Å². The summed E-state index contributed by atoms with van der Waals surface area (Å²) in [6.45, 7) is 8.46. The van der Waals surface area contributed by atoms with Crippen molar-refractivity contribution in [2.75, 3.05) is 30.4 Å². The summed E-state index contributed by atoms with van der Waals surface area (Å²) in [6, 6.07) is 1.64. The number of anilines is 1. The molecule has 3 N–H and O–H groups in total. The first kappa shape index (κ1) is 19.0. The van der Waals surface area contributed by atoms with E-state index in [-0.39, 0.29) is 11.4 Å². The summed E-state index contributed by atoms with van der Waals surface area (Å²) in [5, 5.41) is 3.62. The molecule has 1 saturated heterocycles. The first-order valence-electron chi connectivity index (χ1n) is 10.1. The van der Waals surface area contributed by atoms with E-state index in [1.165, 1.54) is 6.07 Å². The Kier molecular flexibility index (Phi) is 4.69. The Morgan fingerprint density at radius 1 is 1.32 bits per heavy atom. The summed E-state index contributed by atoms with van der Waals surface area (Å²) in [4.78, 5) is 27.2. The SMILES string of the molecule is CCN[C@@H](C)[C@@H]1CCN(c2c(F)cc3c(=O)n(N)c(=O)n(C4CC4)c3c2C)C1. The lowest BCUT2D eigenvalue weighted by atomic mass is 10.0. The van der Waals surface area contributed by atoms with E-state index >= 15 is 4.39 Å². The van der Waals surface area contributed by atoms with Gasteiger partial charge in [-0.25, -0.2) is 9.18 Å². The van der Waals surface area contributed by atoms with E-state index in [0.29, 0.717) is 33.4 Å². The Balaban J connectivity index is 1.85. The fraction of sp³-hybridized carbons (Fsp3) is 0.600. The van der Waals surface area contributed by atoms with Crippen molar-refractivity contribution >= 4 is 16.6 Å². The molecule has 1 aromatic carbocycles. The molecule has 152 valence electrons. The lowest BCUT2D eigenvalue weighted by Gasteiger charge is -2.25. The fourth-order valence-corrected chi connectivity index (χ4v) is 4.61. The molecule has 2 aromatic rings. The highest BCUT2D eigenvalue weighted by molar-refractivity contribution is 5.87. The molecular formula is C20H28FN5O2. The van der Waals surface area contributed by atoms with Crippen molar-refractivity contribution in [2.45, 2.75) is 52.1 Å². The van der Waals surface area contributed by atoms with E-state index in [1.54, 1.807) is 11.5 Å². The number of nitrogens with zero attached hydrogens (tertiary/aromatic N) is 3. The maximum atomic E-state index is 15.1. The van der Waals surface area contributed by atoms with Crippen molar-refractivity contribution in [2.24, 2.45) is 5.92 Å². The Morgan fingerprint density at radius 3 is 2.68 bits per heavy atom. The van der Waals surface area contributed by atoms with Crippen LogP contribution in [-0.4, -0.2) is 34.9 Å². The van der Waals surface area contributed by atoms with Gasteiger partial charge < -0.3 is 16.1 Å². The van der Waals surface area contributed by atoms with Gasteiger partial charge in [-0.15, -0.1) is 0 Å². The average Bonchev–Trinajstić information content (AvgIpc) is 3.38. The zero-order chi connectivity index (χ0) is 20.2. The number of fused-ring (bicyclic) bond motifs is 1. The van der Waals surface area contributed by atoms with Crippen LogP contribution in [0.1, 0.15) is 44.7 Å². The van der Waals surface area contributed by atoms with Crippen LogP contribution >= 0.6 is 0 Å². The van der Waals surface area contributed by atoms with Crippen LogP contribution in [-0.2, 0) is 0 Å². The van der Waals surface area contributed by atoms with Crippen molar-refractivity contribution in [3.05, 3.63) is 38.3 Å². The van der Waals surface area contributed by atoms with E-state index < -0.39 is 17.1 Å². The van der Waals surface area contributed by atoms with Gasteiger partial charge in [0.1, 0.15) is 5.82 Å². The molecule has 2 atom stereocenters. The van der Waals surface area contributed by atoms with Crippen molar-refractivity contribution in [3.8, 4) is 0 Å². The quantitative estimate of drug-likeness (QED) is 0.757. The second kappa shape index (κ2) is 6.92. The highest BCUT2D eigenvalue weighted by Crippen LogP contribution is 2.39. The van der Waals surface area contributed by atoms with Crippen LogP contribution in [0.4, 0.5) is 10.1 Å². The molecule has 2 aliphatic rings. The van der Waals surface area contributed by atoms with E-state index in [9.17, 15) is 9.59 Å². The Morgan fingerprint density at radius 2 is 2.04 bits per heavy atom. The molecule has 8 heteroatoms. The van der Waals surface area contributed by atoms with Gasteiger partial charge in [-0.05, 0) is 51.6 Å². The topological polar surface area (TPSA) is 85.3 Å². The van der Waals surface area contributed by atoms with Crippen LogP contribution in [0.2, 0.25) is 0 Å². The van der Waals surface area contributed by atoms with Gasteiger partial charge in [-0.1, -0.05) is 6.92 Å². The number of aromatic nitrogens is 2. The van der Waals surface area contributed by atoms with Gasteiger partial charge in [0.05, 0.1) is 16.6 Å². The minimum atomic E-state index is -0.648. The molecule has 0 radical (unpaired) electrons. The van der Waals surface area contributed by atoms with E-state index in [0.717, 1.165) is 38.9 Å². The summed E-state index contributed by atoms with van der Waals surface area (Å²) >= 11 is 0. The van der Waals surface area contributed by atoms with Crippen molar-refractivity contribution in [1.29, 1.82) is 0 Å². The summed E-state index contributed by atoms with van der Waals surface area (Å²) < 4.78 is 17.3. The standard InChI is InChI=1S/C20H28FN5O2/c1-4-23-12(3)13-7-8-24(10-13)18-11(2)17-15(9-16(18)21)19(27)26(22)20(28)25(17)14-5-6-14/h9,12-14,23H,4-8,10,22H2,1-3H3/t12-,13+/m0/s1. The number of rotatable bonds is 5. The molecule has 1 aliphatic heterocycles.